The molecule has 2 aromatic heterocycles. The van der Waals surface area contributed by atoms with E-state index in [-0.39, 0.29) is 12.5 Å². The van der Waals surface area contributed by atoms with Gasteiger partial charge in [0.15, 0.2) is 0 Å². The van der Waals surface area contributed by atoms with E-state index >= 15 is 0 Å². The van der Waals surface area contributed by atoms with Crippen LogP contribution in [0.4, 0.5) is 11.5 Å². The van der Waals surface area contributed by atoms with Crippen LogP contribution in [0.25, 0.3) is 10.9 Å². The zero-order valence-electron chi connectivity index (χ0n) is 14.4. The maximum Gasteiger partial charge on any atom is 0.244 e. The van der Waals surface area contributed by atoms with E-state index in [1.165, 1.54) is 0 Å². The van der Waals surface area contributed by atoms with Crippen LogP contribution < -0.4 is 16.0 Å². The van der Waals surface area contributed by atoms with Gasteiger partial charge in [-0.1, -0.05) is 6.07 Å². The third-order valence-corrected chi connectivity index (χ3v) is 4.03. The molecule has 25 heavy (non-hydrogen) atoms. The monoisotopic (exact) mass is 338 g/mol. The Kier molecular flexibility index (Phi) is 5.25. The van der Waals surface area contributed by atoms with Crippen molar-refractivity contribution in [3.8, 4) is 0 Å². The Morgan fingerprint density at radius 1 is 1.16 bits per heavy atom. The highest BCUT2D eigenvalue weighted by atomic mass is 16.1. The second-order valence-electron chi connectivity index (χ2n) is 5.70. The first-order valence-electron chi connectivity index (χ1n) is 8.23. The van der Waals surface area contributed by atoms with E-state index in [9.17, 15) is 4.79 Å². The first-order valence-corrected chi connectivity index (χ1v) is 8.23. The van der Waals surface area contributed by atoms with E-state index in [1.807, 2.05) is 49.0 Å². The summed E-state index contributed by atoms with van der Waals surface area (Å²) in [5.41, 5.74) is 2.63. The van der Waals surface area contributed by atoms with Gasteiger partial charge in [-0.2, -0.15) is 0 Å². The van der Waals surface area contributed by atoms with Crippen molar-refractivity contribution >= 4 is 28.3 Å². The number of likely N-dealkylation sites (N-methyl/N-ethyl adjacent to an activating group) is 1. The van der Waals surface area contributed by atoms with Gasteiger partial charge in [0.1, 0.15) is 12.4 Å². The predicted molar refractivity (Wildman–Crippen MR) is 99.8 cm³/mol. The molecule has 1 amide bonds. The summed E-state index contributed by atoms with van der Waals surface area (Å²) in [5.74, 6) is 0.708. The van der Waals surface area contributed by atoms with Crippen LogP contribution in [0.15, 0.2) is 42.9 Å². The van der Waals surface area contributed by atoms with E-state index in [2.05, 4.69) is 25.9 Å². The number of pyridine rings is 1. The highest BCUT2D eigenvalue weighted by Crippen LogP contribution is 2.21. The van der Waals surface area contributed by atoms with Gasteiger partial charge in [0, 0.05) is 31.6 Å². The van der Waals surface area contributed by atoms with Gasteiger partial charge < -0.3 is 20.5 Å². The molecule has 0 radical (unpaired) electrons. The fourth-order valence-electron chi connectivity index (χ4n) is 2.81. The number of carbonyl (C=O) groups is 1. The lowest BCUT2D eigenvalue weighted by Gasteiger charge is -2.11. The molecule has 0 aliphatic rings. The van der Waals surface area contributed by atoms with Crippen molar-refractivity contribution in [3.05, 3.63) is 48.5 Å². The summed E-state index contributed by atoms with van der Waals surface area (Å²) in [7, 11) is 3.74. The molecule has 2 heterocycles. The van der Waals surface area contributed by atoms with Crippen molar-refractivity contribution in [2.75, 3.05) is 31.3 Å². The maximum atomic E-state index is 12.5. The fourth-order valence-corrected chi connectivity index (χ4v) is 2.81. The molecule has 130 valence electrons. The number of hydrogen-bond acceptors (Lipinski definition) is 5. The van der Waals surface area contributed by atoms with Crippen LogP contribution in [0.5, 0.6) is 0 Å². The molecule has 0 unspecified atom stereocenters. The third-order valence-electron chi connectivity index (χ3n) is 4.03. The Morgan fingerprint density at radius 2 is 2.04 bits per heavy atom. The molecule has 3 N–H and O–H groups in total. The van der Waals surface area contributed by atoms with E-state index in [4.69, 9.17) is 0 Å². The second-order valence-corrected chi connectivity index (χ2v) is 5.70. The number of imidazole rings is 1. The summed E-state index contributed by atoms with van der Waals surface area (Å²) in [5, 5.41) is 10.1. The Bertz CT molecular complexity index is 868. The van der Waals surface area contributed by atoms with Crippen LogP contribution in [-0.4, -0.2) is 41.1 Å². The van der Waals surface area contributed by atoms with E-state index in [0.29, 0.717) is 0 Å². The minimum atomic E-state index is -0.0953. The van der Waals surface area contributed by atoms with Gasteiger partial charge in [0.05, 0.1) is 23.2 Å². The molecule has 7 nitrogen and oxygen atoms in total. The summed E-state index contributed by atoms with van der Waals surface area (Å²) in [6.45, 7) is 1.03. The fraction of sp³-hybridized carbons (Fsp3) is 0.278. The maximum absolute atomic E-state index is 12.5. The van der Waals surface area contributed by atoms with E-state index in [1.54, 1.807) is 12.5 Å². The molecule has 3 aromatic rings. The average Bonchev–Trinajstić information content (AvgIpc) is 3.01. The number of carbonyl (C=O) groups excluding carboxylic acids is 1. The number of amides is 1. The normalized spacial score (nSPS) is 10.8. The molecule has 0 saturated carbocycles. The highest BCUT2D eigenvalue weighted by Gasteiger charge is 2.13. The molecule has 3 rings (SSSR count). The average molecular weight is 338 g/mol. The van der Waals surface area contributed by atoms with Gasteiger partial charge in [0.25, 0.3) is 0 Å². The highest BCUT2D eigenvalue weighted by molar-refractivity contribution is 6.00. The summed E-state index contributed by atoms with van der Waals surface area (Å²) in [4.78, 5) is 21.2. The molecule has 0 bridgehead atoms. The van der Waals surface area contributed by atoms with Gasteiger partial charge in [-0.25, -0.2) is 4.98 Å². The SMILES string of the molecule is CNCCc1c(NC)ncn1CC(=O)Nc1cccc2ncccc12. The number of fused-ring (bicyclic) bond motifs is 1. The molecule has 0 atom stereocenters. The van der Waals surface area contributed by atoms with Crippen LogP contribution in [0.3, 0.4) is 0 Å². The van der Waals surface area contributed by atoms with Crippen molar-refractivity contribution in [1.82, 2.24) is 19.9 Å². The number of nitrogens with zero attached hydrogens (tertiary/aromatic N) is 3. The Balaban J connectivity index is 1.77. The minimum absolute atomic E-state index is 0.0953. The molecule has 0 saturated heterocycles. The van der Waals surface area contributed by atoms with Crippen LogP contribution in [-0.2, 0) is 17.8 Å². The predicted octanol–water partition coefficient (Wildman–Crippen LogP) is 1.87. The van der Waals surface area contributed by atoms with Crippen LogP contribution in [0.1, 0.15) is 5.69 Å². The van der Waals surface area contributed by atoms with Crippen molar-refractivity contribution in [2.24, 2.45) is 0 Å². The Hall–Kier alpha value is -2.93. The van der Waals surface area contributed by atoms with Gasteiger partial charge in [0.2, 0.25) is 5.91 Å². The molecule has 0 aliphatic heterocycles. The molecule has 0 aliphatic carbocycles. The summed E-state index contributed by atoms with van der Waals surface area (Å²) in [6, 6.07) is 9.52. The van der Waals surface area contributed by atoms with E-state index in [0.717, 1.165) is 41.1 Å². The van der Waals surface area contributed by atoms with Crippen molar-refractivity contribution in [1.29, 1.82) is 0 Å². The van der Waals surface area contributed by atoms with Crippen molar-refractivity contribution in [2.45, 2.75) is 13.0 Å². The molecule has 7 heteroatoms. The van der Waals surface area contributed by atoms with Crippen molar-refractivity contribution < 1.29 is 4.79 Å². The minimum Gasteiger partial charge on any atom is -0.372 e. The van der Waals surface area contributed by atoms with Crippen LogP contribution in [0, 0.1) is 0 Å². The number of rotatable bonds is 7. The lowest BCUT2D eigenvalue weighted by molar-refractivity contribution is -0.116. The summed E-state index contributed by atoms with van der Waals surface area (Å²) < 4.78 is 1.88. The molecule has 1 aromatic carbocycles. The first kappa shape index (κ1) is 16.9. The molecule has 0 spiro atoms. The first-order chi connectivity index (χ1) is 12.2. The van der Waals surface area contributed by atoms with Crippen molar-refractivity contribution in [3.63, 3.8) is 0 Å². The quantitative estimate of drug-likeness (QED) is 0.612. The van der Waals surface area contributed by atoms with Gasteiger partial charge in [-0.3, -0.25) is 9.78 Å². The standard InChI is InChI=1S/C18H22N6O/c1-19-10-8-16-18(20-2)22-12-24(16)11-17(25)23-15-7-3-6-14-13(15)5-4-9-21-14/h3-7,9,12,19-20H,8,10-11H2,1-2H3,(H,23,25). The topological polar surface area (TPSA) is 83.9 Å². The molecular formula is C18H22N6O. The summed E-state index contributed by atoms with van der Waals surface area (Å²) >= 11 is 0. The van der Waals surface area contributed by atoms with Crippen LogP contribution in [0.2, 0.25) is 0 Å². The van der Waals surface area contributed by atoms with Gasteiger partial charge in [-0.05, 0) is 31.3 Å². The number of anilines is 2. The number of aromatic nitrogens is 3. The smallest absolute Gasteiger partial charge is 0.244 e. The molecular weight excluding hydrogens is 316 g/mol. The van der Waals surface area contributed by atoms with Gasteiger partial charge >= 0.3 is 0 Å². The number of nitrogens with one attached hydrogen (secondary N) is 3. The third kappa shape index (κ3) is 3.77. The van der Waals surface area contributed by atoms with Crippen LogP contribution >= 0.6 is 0 Å². The van der Waals surface area contributed by atoms with E-state index < -0.39 is 0 Å². The molecule has 0 fully saturated rings. The lowest BCUT2D eigenvalue weighted by Crippen LogP contribution is -2.21. The Labute approximate surface area is 146 Å². The number of hydrogen-bond donors (Lipinski definition) is 3. The van der Waals surface area contributed by atoms with Gasteiger partial charge in [-0.15, -0.1) is 0 Å². The second kappa shape index (κ2) is 7.76. The number of benzene rings is 1. The lowest BCUT2D eigenvalue weighted by atomic mass is 10.2. The Morgan fingerprint density at radius 3 is 2.84 bits per heavy atom. The summed E-state index contributed by atoms with van der Waals surface area (Å²) in [6.07, 6.45) is 4.23. The zero-order chi connectivity index (χ0) is 17.6. The zero-order valence-corrected chi connectivity index (χ0v) is 14.4. The largest absolute Gasteiger partial charge is 0.372 e.